The van der Waals surface area contributed by atoms with Gasteiger partial charge in [-0.25, -0.2) is 13.1 Å². The Morgan fingerprint density at radius 2 is 2.00 bits per heavy atom. The molecule has 160 valence electrons. The van der Waals surface area contributed by atoms with Gasteiger partial charge < -0.3 is 15.4 Å². The third-order valence-electron chi connectivity index (χ3n) is 4.67. The fourth-order valence-electron chi connectivity index (χ4n) is 2.86. The van der Waals surface area contributed by atoms with Crippen LogP contribution in [0, 0.1) is 5.92 Å². The lowest BCUT2D eigenvalue weighted by Gasteiger charge is -2.25. The van der Waals surface area contributed by atoms with E-state index in [4.69, 9.17) is 4.74 Å². The Bertz CT molecular complexity index is 709. The quantitative estimate of drug-likeness (QED) is 0.235. The molecule has 1 aliphatic carbocycles. The van der Waals surface area contributed by atoms with Gasteiger partial charge in [0.25, 0.3) is 0 Å². The summed E-state index contributed by atoms with van der Waals surface area (Å²) in [4.78, 5) is 4.38. The number of hydrogen-bond acceptors (Lipinski definition) is 4. The molecule has 1 aromatic rings. The lowest BCUT2D eigenvalue weighted by Crippen LogP contribution is -2.39. The highest BCUT2D eigenvalue weighted by molar-refractivity contribution is 14.0. The van der Waals surface area contributed by atoms with Crippen molar-refractivity contribution in [1.29, 1.82) is 0 Å². The molecule has 0 aliphatic heterocycles. The van der Waals surface area contributed by atoms with Crippen LogP contribution in [0.15, 0.2) is 29.3 Å². The third-order valence-corrected chi connectivity index (χ3v) is 6.00. The highest BCUT2D eigenvalue weighted by Gasteiger charge is 2.19. The summed E-state index contributed by atoms with van der Waals surface area (Å²) in [6.07, 6.45) is 4.25. The fourth-order valence-corrected chi connectivity index (χ4v) is 3.82. The average molecular weight is 524 g/mol. The van der Waals surface area contributed by atoms with Gasteiger partial charge in [0.15, 0.2) is 5.96 Å². The Morgan fingerprint density at radius 1 is 1.25 bits per heavy atom. The van der Waals surface area contributed by atoms with Crippen LogP contribution < -0.4 is 20.1 Å². The SMILES string of the molecule is CCNC(=NCCS(=O)(=O)NCC1CCC1)NCCc1ccccc1OC.I. The Labute approximate surface area is 186 Å². The van der Waals surface area contributed by atoms with Crippen LogP contribution in [0.4, 0.5) is 0 Å². The molecule has 0 heterocycles. The van der Waals surface area contributed by atoms with Gasteiger partial charge in [-0.05, 0) is 43.7 Å². The van der Waals surface area contributed by atoms with Crippen LogP contribution in [0.1, 0.15) is 31.7 Å². The lowest BCUT2D eigenvalue weighted by atomic mass is 9.86. The van der Waals surface area contributed by atoms with Crippen molar-refractivity contribution in [3.63, 3.8) is 0 Å². The van der Waals surface area contributed by atoms with Crippen LogP contribution >= 0.6 is 24.0 Å². The molecule has 28 heavy (non-hydrogen) atoms. The monoisotopic (exact) mass is 524 g/mol. The van der Waals surface area contributed by atoms with Crippen LogP contribution in [-0.2, 0) is 16.4 Å². The minimum absolute atomic E-state index is 0. The third kappa shape index (κ3) is 8.95. The second-order valence-corrected chi connectivity index (χ2v) is 8.64. The highest BCUT2D eigenvalue weighted by atomic mass is 127. The summed E-state index contributed by atoms with van der Waals surface area (Å²) in [5.41, 5.74) is 1.12. The summed E-state index contributed by atoms with van der Waals surface area (Å²) in [5, 5.41) is 6.39. The van der Waals surface area contributed by atoms with Gasteiger partial charge in [-0.2, -0.15) is 0 Å². The number of ether oxygens (including phenoxy) is 1. The van der Waals surface area contributed by atoms with Gasteiger partial charge >= 0.3 is 0 Å². The molecule has 0 radical (unpaired) electrons. The zero-order valence-electron chi connectivity index (χ0n) is 16.7. The molecule has 0 saturated heterocycles. The number of nitrogens with one attached hydrogen (secondary N) is 3. The minimum atomic E-state index is -3.27. The predicted octanol–water partition coefficient (Wildman–Crippen LogP) is 2.13. The topological polar surface area (TPSA) is 91.8 Å². The van der Waals surface area contributed by atoms with Crippen molar-refractivity contribution in [1.82, 2.24) is 15.4 Å². The Balaban J connectivity index is 0.00000392. The van der Waals surface area contributed by atoms with Gasteiger partial charge in [-0.15, -0.1) is 24.0 Å². The fraction of sp³-hybridized carbons (Fsp3) is 0.632. The summed E-state index contributed by atoms with van der Waals surface area (Å²) in [7, 11) is -1.60. The lowest BCUT2D eigenvalue weighted by molar-refractivity contribution is 0.316. The maximum atomic E-state index is 12.0. The summed E-state index contributed by atoms with van der Waals surface area (Å²) >= 11 is 0. The van der Waals surface area contributed by atoms with E-state index in [-0.39, 0.29) is 36.3 Å². The molecule has 0 unspecified atom stereocenters. The van der Waals surface area contributed by atoms with Crippen molar-refractivity contribution in [3.8, 4) is 5.75 Å². The van der Waals surface area contributed by atoms with Gasteiger partial charge in [-0.3, -0.25) is 4.99 Å². The van der Waals surface area contributed by atoms with E-state index in [1.807, 2.05) is 31.2 Å². The number of guanidine groups is 1. The van der Waals surface area contributed by atoms with Crippen molar-refractivity contribution >= 4 is 40.0 Å². The van der Waals surface area contributed by atoms with Gasteiger partial charge in [0.2, 0.25) is 10.0 Å². The maximum Gasteiger partial charge on any atom is 0.213 e. The predicted molar refractivity (Wildman–Crippen MR) is 125 cm³/mol. The van der Waals surface area contributed by atoms with Gasteiger partial charge in [0.1, 0.15) is 5.75 Å². The molecule has 0 atom stereocenters. The molecule has 3 N–H and O–H groups in total. The molecule has 1 aliphatic rings. The normalized spacial score (nSPS) is 14.7. The number of para-hydroxylation sites is 1. The van der Waals surface area contributed by atoms with Crippen LogP contribution in [-0.4, -0.2) is 53.4 Å². The largest absolute Gasteiger partial charge is 0.496 e. The van der Waals surface area contributed by atoms with Crippen LogP contribution in [0.25, 0.3) is 0 Å². The zero-order chi connectivity index (χ0) is 19.5. The Morgan fingerprint density at radius 3 is 2.64 bits per heavy atom. The van der Waals surface area contributed by atoms with E-state index < -0.39 is 10.0 Å². The molecule has 7 nitrogen and oxygen atoms in total. The number of sulfonamides is 1. The van der Waals surface area contributed by atoms with Crippen molar-refractivity contribution in [3.05, 3.63) is 29.8 Å². The first-order chi connectivity index (χ1) is 13.0. The van der Waals surface area contributed by atoms with Crippen molar-refractivity contribution in [2.75, 3.05) is 39.0 Å². The minimum Gasteiger partial charge on any atom is -0.496 e. The average Bonchev–Trinajstić information content (AvgIpc) is 2.60. The molecule has 0 spiro atoms. The molecule has 1 saturated carbocycles. The number of halogens is 1. The summed E-state index contributed by atoms with van der Waals surface area (Å²) in [6.45, 7) is 4.16. The second kappa shape index (κ2) is 13.2. The standard InChI is InChI=1S/C19H32N4O3S.HI/c1-3-20-19(21-12-11-17-9-4-5-10-18(17)26-2)22-13-14-27(24,25)23-15-16-7-6-8-16;/h4-5,9-10,16,23H,3,6-8,11-15H2,1-2H3,(H2,20,21,22);1H. The highest BCUT2D eigenvalue weighted by Crippen LogP contribution is 2.25. The number of hydrogen-bond donors (Lipinski definition) is 3. The molecule has 0 bridgehead atoms. The molecule has 2 rings (SSSR count). The van der Waals surface area contributed by atoms with E-state index in [0.717, 1.165) is 30.6 Å². The summed E-state index contributed by atoms with van der Waals surface area (Å²) in [5.74, 6) is 2.01. The van der Waals surface area contributed by atoms with E-state index in [9.17, 15) is 8.42 Å². The van der Waals surface area contributed by atoms with Crippen LogP contribution in [0.5, 0.6) is 5.75 Å². The molecule has 0 amide bonds. The molecule has 1 fully saturated rings. The maximum absolute atomic E-state index is 12.0. The Hall–Kier alpha value is -1.07. The summed E-state index contributed by atoms with van der Waals surface area (Å²) < 4.78 is 32.1. The first-order valence-corrected chi connectivity index (χ1v) is 11.3. The summed E-state index contributed by atoms with van der Waals surface area (Å²) in [6, 6.07) is 7.90. The zero-order valence-corrected chi connectivity index (χ0v) is 19.9. The van der Waals surface area contributed by atoms with Crippen molar-refractivity contribution in [2.24, 2.45) is 10.9 Å². The molecule has 0 aromatic heterocycles. The second-order valence-electron chi connectivity index (χ2n) is 6.71. The number of benzene rings is 1. The number of rotatable bonds is 11. The first-order valence-electron chi connectivity index (χ1n) is 9.65. The van der Waals surface area contributed by atoms with Gasteiger partial charge in [0, 0.05) is 19.6 Å². The van der Waals surface area contributed by atoms with E-state index >= 15 is 0 Å². The van der Waals surface area contributed by atoms with Gasteiger partial charge in [0.05, 0.1) is 19.4 Å². The molecule has 1 aromatic carbocycles. The van der Waals surface area contributed by atoms with Crippen LogP contribution in [0.3, 0.4) is 0 Å². The molecular weight excluding hydrogens is 491 g/mol. The van der Waals surface area contributed by atoms with E-state index in [1.54, 1.807) is 7.11 Å². The number of nitrogens with zero attached hydrogens (tertiary/aromatic N) is 1. The van der Waals surface area contributed by atoms with E-state index in [2.05, 4.69) is 20.3 Å². The smallest absolute Gasteiger partial charge is 0.213 e. The van der Waals surface area contributed by atoms with E-state index in [0.29, 0.717) is 31.5 Å². The van der Waals surface area contributed by atoms with E-state index in [1.165, 1.54) is 6.42 Å². The first kappa shape index (κ1) is 25.0. The van der Waals surface area contributed by atoms with Gasteiger partial charge in [-0.1, -0.05) is 24.6 Å². The number of aliphatic imine (C=N–C) groups is 1. The van der Waals surface area contributed by atoms with Crippen LogP contribution in [0.2, 0.25) is 0 Å². The van der Waals surface area contributed by atoms with Crippen molar-refractivity contribution < 1.29 is 13.2 Å². The van der Waals surface area contributed by atoms with Crippen molar-refractivity contribution in [2.45, 2.75) is 32.6 Å². The number of methoxy groups -OCH3 is 1. The molecular formula is C19H33IN4O3S. The molecule has 9 heteroatoms. The Kier molecular flexibility index (Phi) is 11.8.